The van der Waals surface area contributed by atoms with Gasteiger partial charge in [-0.25, -0.2) is 0 Å². The third-order valence-electron chi connectivity index (χ3n) is 4.01. The molecule has 0 bridgehead atoms. The second-order valence-corrected chi connectivity index (χ2v) is 6.04. The summed E-state index contributed by atoms with van der Waals surface area (Å²) in [5, 5.41) is 0. The maximum absolute atomic E-state index is 6.08. The largest absolute Gasteiger partial charge is 0.371 e. The molecular weight excluding hydrogens is 234 g/mol. The quantitative estimate of drug-likeness (QED) is 0.904. The van der Waals surface area contributed by atoms with Gasteiger partial charge in [0.25, 0.3) is 0 Å². The van der Waals surface area contributed by atoms with Gasteiger partial charge in [0.05, 0.1) is 0 Å². The summed E-state index contributed by atoms with van der Waals surface area (Å²) in [7, 11) is 4.33. The average molecular weight is 261 g/mol. The fourth-order valence-electron chi connectivity index (χ4n) is 3.03. The Hall–Kier alpha value is -1.06. The maximum atomic E-state index is 6.08. The zero-order valence-corrected chi connectivity index (χ0v) is 12.5. The van der Waals surface area contributed by atoms with Gasteiger partial charge in [0.15, 0.2) is 0 Å². The molecule has 1 fully saturated rings. The van der Waals surface area contributed by atoms with E-state index in [1.807, 2.05) is 0 Å². The highest BCUT2D eigenvalue weighted by molar-refractivity contribution is 5.55. The predicted molar refractivity (Wildman–Crippen MR) is 82.5 cm³/mol. The van der Waals surface area contributed by atoms with Crippen LogP contribution < -0.4 is 10.6 Å². The van der Waals surface area contributed by atoms with E-state index < -0.39 is 0 Å². The first kappa shape index (κ1) is 14.4. The van der Waals surface area contributed by atoms with Gasteiger partial charge in [-0.05, 0) is 51.4 Å². The van der Waals surface area contributed by atoms with Crippen LogP contribution >= 0.6 is 0 Å². The third kappa shape index (κ3) is 3.71. The summed E-state index contributed by atoms with van der Waals surface area (Å²) >= 11 is 0. The minimum Gasteiger partial charge on any atom is -0.371 e. The summed E-state index contributed by atoms with van der Waals surface area (Å²) < 4.78 is 0. The molecule has 0 spiro atoms. The van der Waals surface area contributed by atoms with Gasteiger partial charge in [0.1, 0.15) is 0 Å². The molecule has 1 aromatic rings. The van der Waals surface area contributed by atoms with Crippen molar-refractivity contribution in [3.63, 3.8) is 0 Å². The Balaban J connectivity index is 2.02. The summed E-state index contributed by atoms with van der Waals surface area (Å²) in [6.45, 7) is 5.59. The zero-order valence-electron chi connectivity index (χ0n) is 12.5. The number of para-hydroxylation sites is 1. The van der Waals surface area contributed by atoms with Crippen molar-refractivity contribution in [3.05, 3.63) is 29.8 Å². The van der Waals surface area contributed by atoms with Crippen LogP contribution in [0.4, 0.5) is 5.69 Å². The van der Waals surface area contributed by atoms with Crippen molar-refractivity contribution in [2.24, 2.45) is 11.7 Å². The SMILES string of the molecule is C[C@@H](N)c1ccccc1N1CCC(CN(C)C)CC1. The van der Waals surface area contributed by atoms with E-state index in [4.69, 9.17) is 5.73 Å². The van der Waals surface area contributed by atoms with Crippen LogP contribution in [-0.2, 0) is 0 Å². The molecule has 106 valence electrons. The molecule has 1 heterocycles. The normalized spacial score (nSPS) is 18.9. The Labute approximate surface area is 117 Å². The molecule has 1 aromatic carbocycles. The van der Waals surface area contributed by atoms with E-state index in [0.717, 1.165) is 19.0 Å². The first-order chi connectivity index (χ1) is 9.08. The Kier molecular flexibility index (Phi) is 4.83. The van der Waals surface area contributed by atoms with Crippen molar-refractivity contribution < 1.29 is 0 Å². The summed E-state index contributed by atoms with van der Waals surface area (Å²) in [5.41, 5.74) is 8.69. The number of hydrogen-bond donors (Lipinski definition) is 1. The van der Waals surface area contributed by atoms with Crippen LogP contribution in [0.5, 0.6) is 0 Å². The number of piperidine rings is 1. The Morgan fingerprint density at radius 1 is 1.26 bits per heavy atom. The van der Waals surface area contributed by atoms with Crippen LogP contribution in [0.15, 0.2) is 24.3 Å². The van der Waals surface area contributed by atoms with E-state index in [9.17, 15) is 0 Å². The topological polar surface area (TPSA) is 32.5 Å². The predicted octanol–water partition coefficient (Wildman–Crippen LogP) is 2.48. The van der Waals surface area contributed by atoms with Crippen LogP contribution in [0.2, 0.25) is 0 Å². The number of nitrogens with two attached hydrogens (primary N) is 1. The van der Waals surface area contributed by atoms with Crippen LogP contribution in [0.1, 0.15) is 31.4 Å². The van der Waals surface area contributed by atoms with Crippen molar-refractivity contribution >= 4 is 5.69 Å². The van der Waals surface area contributed by atoms with E-state index in [1.54, 1.807) is 0 Å². The van der Waals surface area contributed by atoms with Crippen molar-refractivity contribution in [3.8, 4) is 0 Å². The molecule has 1 aliphatic heterocycles. The highest BCUT2D eigenvalue weighted by Crippen LogP contribution is 2.29. The van der Waals surface area contributed by atoms with Crippen LogP contribution in [0.25, 0.3) is 0 Å². The highest BCUT2D eigenvalue weighted by atomic mass is 15.1. The second kappa shape index (κ2) is 6.40. The van der Waals surface area contributed by atoms with Gasteiger partial charge in [0, 0.05) is 31.4 Å². The number of rotatable bonds is 4. The van der Waals surface area contributed by atoms with Crippen molar-refractivity contribution in [1.82, 2.24) is 4.90 Å². The molecule has 2 N–H and O–H groups in total. The molecule has 0 amide bonds. The summed E-state index contributed by atoms with van der Waals surface area (Å²) in [4.78, 5) is 4.81. The van der Waals surface area contributed by atoms with Crippen molar-refractivity contribution in [2.75, 3.05) is 38.6 Å². The molecule has 0 unspecified atom stereocenters. The second-order valence-electron chi connectivity index (χ2n) is 6.04. The summed E-state index contributed by atoms with van der Waals surface area (Å²) in [5.74, 6) is 0.841. The van der Waals surface area contributed by atoms with Crippen LogP contribution in [-0.4, -0.2) is 38.6 Å². The van der Waals surface area contributed by atoms with E-state index >= 15 is 0 Å². The fourth-order valence-corrected chi connectivity index (χ4v) is 3.03. The van der Waals surface area contributed by atoms with Gasteiger partial charge in [-0.1, -0.05) is 18.2 Å². The van der Waals surface area contributed by atoms with Gasteiger partial charge in [0.2, 0.25) is 0 Å². The van der Waals surface area contributed by atoms with E-state index in [0.29, 0.717) is 0 Å². The molecule has 1 aliphatic rings. The molecule has 0 aliphatic carbocycles. The fraction of sp³-hybridized carbons (Fsp3) is 0.625. The monoisotopic (exact) mass is 261 g/mol. The standard InChI is InChI=1S/C16H27N3/c1-13(17)15-6-4-5-7-16(15)19-10-8-14(9-11-19)12-18(2)3/h4-7,13-14H,8-12,17H2,1-3H3/t13-/m1/s1. The molecule has 0 aromatic heterocycles. The lowest BCUT2D eigenvalue weighted by molar-refractivity contribution is 0.285. The third-order valence-corrected chi connectivity index (χ3v) is 4.01. The first-order valence-corrected chi connectivity index (χ1v) is 7.32. The van der Waals surface area contributed by atoms with Gasteiger partial charge >= 0.3 is 0 Å². The zero-order chi connectivity index (χ0) is 13.8. The average Bonchev–Trinajstić information content (AvgIpc) is 2.39. The minimum atomic E-state index is 0.107. The smallest absolute Gasteiger partial charge is 0.0414 e. The molecule has 2 rings (SSSR count). The molecule has 19 heavy (non-hydrogen) atoms. The Morgan fingerprint density at radius 2 is 1.89 bits per heavy atom. The summed E-state index contributed by atoms with van der Waals surface area (Å²) in [6.07, 6.45) is 2.57. The lowest BCUT2D eigenvalue weighted by atomic mass is 9.95. The Morgan fingerprint density at radius 3 is 2.47 bits per heavy atom. The molecule has 1 atom stereocenters. The lowest BCUT2D eigenvalue weighted by Crippen LogP contribution is -2.37. The molecular formula is C16H27N3. The number of benzene rings is 1. The molecule has 1 saturated heterocycles. The number of hydrogen-bond acceptors (Lipinski definition) is 3. The van der Waals surface area contributed by atoms with Gasteiger partial charge in [-0.3, -0.25) is 0 Å². The van der Waals surface area contributed by atoms with Crippen LogP contribution in [0.3, 0.4) is 0 Å². The van der Waals surface area contributed by atoms with Crippen LogP contribution in [0, 0.1) is 5.92 Å². The van der Waals surface area contributed by atoms with Gasteiger partial charge in [-0.15, -0.1) is 0 Å². The molecule has 3 heteroatoms. The van der Waals surface area contributed by atoms with Gasteiger partial charge < -0.3 is 15.5 Å². The number of nitrogens with zero attached hydrogens (tertiary/aromatic N) is 2. The molecule has 0 saturated carbocycles. The minimum absolute atomic E-state index is 0.107. The highest BCUT2D eigenvalue weighted by Gasteiger charge is 2.21. The first-order valence-electron chi connectivity index (χ1n) is 7.32. The van der Waals surface area contributed by atoms with E-state index in [-0.39, 0.29) is 6.04 Å². The maximum Gasteiger partial charge on any atom is 0.0414 e. The van der Waals surface area contributed by atoms with E-state index in [2.05, 4.69) is 55.1 Å². The summed E-state index contributed by atoms with van der Waals surface area (Å²) in [6, 6.07) is 8.68. The van der Waals surface area contributed by atoms with Crippen molar-refractivity contribution in [2.45, 2.75) is 25.8 Å². The van der Waals surface area contributed by atoms with Crippen molar-refractivity contribution in [1.29, 1.82) is 0 Å². The van der Waals surface area contributed by atoms with E-state index in [1.165, 1.54) is 30.6 Å². The number of anilines is 1. The van der Waals surface area contributed by atoms with Gasteiger partial charge in [-0.2, -0.15) is 0 Å². The Bertz CT molecular complexity index is 393. The lowest BCUT2D eigenvalue weighted by Gasteiger charge is -2.36. The molecule has 0 radical (unpaired) electrons. The molecule has 3 nitrogen and oxygen atoms in total.